The lowest BCUT2D eigenvalue weighted by atomic mass is 9.92. The molecule has 0 aliphatic rings. The van der Waals surface area contributed by atoms with Crippen LogP contribution in [0.5, 0.6) is 0 Å². The molecule has 0 atom stereocenters. The monoisotopic (exact) mass is 329 g/mol. The van der Waals surface area contributed by atoms with Gasteiger partial charge in [-0.05, 0) is 31.9 Å². The lowest BCUT2D eigenvalue weighted by Crippen LogP contribution is -2.42. The number of carbonyl (C=O) groups is 2. The van der Waals surface area contributed by atoms with Crippen molar-refractivity contribution in [2.75, 3.05) is 0 Å². The molecule has 0 bridgehead atoms. The van der Waals surface area contributed by atoms with Gasteiger partial charge in [-0.15, -0.1) is 0 Å². The van der Waals surface area contributed by atoms with Crippen molar-refractivity contribution in [1.29, 1.82) is 0 Å². The van der Waals surface area contributed by atoms with Gasteiger partial charge in [0.1, 0.15) is 5.41 Å². The number of carboxylic acid groups (broad SMARTS) is 1. The molecule has 0 fully saturated rings. The standard InChI is InChI=1S/C18H23N3O3/c1-12(2)15-13(10-19-16(22)18(3,4)17(23)24)11-21(20-15)14-8-6-5-7-9-14/h5-9,11-12H,10H2,1-4H3,(H,19,22)(H,23,24). The molecule has 1 aromatic heterocycles. The maximum atomic E-state index is 12.1. The summed E-state index contributed by atoms with van der Waals surface area (Å²) >= 11 is 0. The van der Waals surface area contributed by atoms with E-state index < -0.39 is 17.3 Å². The van der Waals surface area contributed by atoms with Crippen LogP contribution in [0, 0.1) is 5.41 Å². The maximum absolute atomic E-state index is 12.1. The van der Waals surface area contributed by atoms with Gasteiger partial charge in [0.05, 0.1) is 11.4 Å². The Bertz CT molecular complexity index is 733. The summed E-state index contributed by atoms with van der Waals surface area (Å²) in [6, 6.07) is 9.71. The Hall–Kier alpha value is -2.63. The van der Waals surface area contributed by atoms with Crippen molar-refractivity contribution >= 4 is 11.9 Å². The number of nitrogens with zero attached hydrogens (tertiary/aromatic N) is 2. The van der Waals surface area contributed by atoms with Crippen LogP contribution in [0.25, 0.3) is 5.69 Å². The molecule has 0 saturated heterocycles. The molecule has 1 aromatic carbocycles. The van der Waals surface area contributed by atoms with E-state index in [2.05, 4.69) is 10.4 Å². The van der Waals surface area contributed by atoms with Gasteiger partial charge in [0, 0.05) is 18.3 Å². The van der Waals surface area contributed by atoms with Gasteiger partial charge in [-0.25, -0.2) is 4.68 Å². The van der Waals surface area contributed by atoms with Crippen LogP contribution >= 0.6 is 0 Å². The lowest BCUT2D eigenvalue weighted by molar-refractivity contribution is -0.153. The molecule has 6 heteroatoms. The van der Waals surface area contributed by atoms with Crippen LogP contribution in [0.4, 0.5) is 0 Å². The van der Waals surface area contributed by atoms with Crippen molar-refractivity contribution in [2.45, 2.75) is 40.2 Å². The molecule has 1 amide bonds. The number of aliphatic carboxylic acids is 1. The van der Waals surface area contributed by atoms with Crippen LogP contribution in [0.1, 0.15) is 44.9 Å². The minimum Gasteiger partial charge on any atom is -0.480 e. The van der Waals surface area contributed by atoms with Crippen LogP contribution in [-0.4, -0.2) is 26.8 Å². The SMILES string of the molecule is CC(C)c1nn(-c2ccccc2)cc1CNC(=O)C(C)(C)C(=O)O. The van der Waals surface area contributed by atoms with E-state index in [0.29, 0.717) is 0 Å². The number of amides is 1. The summed E-state index contributed by atoms with van der Waals surface area (Å²) in [6.07, 6.45) is 1.87. The Morgan fingerprint density at radius 1 is 1.25 bits per heavy atom. The molecule has 0 aliphatic carbocycles. The van der Waals surface area contributed by atoms with Crippen molar-refractivity contribution in [1.82, 2.24) is 15.1 Å². The Morgan fingerprint density at radius 3 is 2.42 bits per heavy atom. The predicted octanol–water partition coefficient (Wildman–Crippen LogP) is 2.72. The second kappa shape index (κ2) is 6.86. The molecule has 2 aromatic rings. The van der Waals surface area contributed by atoms with Gasteiger partial charge in [-0.2, -0.15) is 5.10 Å². The third-order valence-electron chi connectivity index (χ3n) is 3.93. The summed E-state index contributed by atoms with van der Waals surface area (Å²) < 4.78 is 1.78. The number of hydrogen-bond acceptors (Lipinski definition) is 3. The number of nitrogens with one attached hydrogen (secondary N) is 1. The van der Waals surface area contributed by atoms with Crippen LogP contribution in [0.3, 0.4) is 0 Å². The number of aromatic nitrogens is 2. The van der Waals surface area contributed by atoms with Crippen LogP contribution in [0.2, 0.25) is 0 Å². The molecule has 1 heterocycles. The minimum atomic E-state index is -1.46. The fraction of sp³-hybridized carbons (Fsp3) is 0.389. The van der Waals surface area contributed by atoms with Crippen molar-refractivity contribution in [2.24, 2.45) is 5.41 Å². The van der Waals surface area contributed by atoms with Crippen molar-refractivity contribution in [3.05, 3.63) is 47.8 Å². The Morgan fingerprint density at radius 2 is 1.88 bits per heavy atom. The van der Waals surface area contributed by atoms with E-state index in [4.69, 9.17) is 5.11 Å². The average Bonchev–Trinajstić information content (AvgIpc) is 2.97. The lowest BCUT2D eigenvalue weighted by Gasteiger charge is -2.18. The van der Waals surface area contributed by atoms with E-state index in [-0.39, 0.29) is 12.5 Å². The first-order valence-electron chi connectivity index (χ1n) is 7.89. The number of benzene rings is 1. The van der Waals surface area contributed by atoms with Crippen LogP contribution in [-0.2, 0) is 16.1 Å². The summed E-state index contributed by atoms with van der Waals surface area (Å²) in [6.45, 7) is 7.09. The van der Waals surface area contributed by atoms with Gasteiger partial charge >= 0.3 is 5.97 Å². The van der Waals surface area contributed by atoms with Gasteiger partial charge < -0.3 is 10.4 Å². The molecule has 2 N–H and O–H groups in total. The summed E-state index contributed by atoms with van der Waals surface area (Å²) in [4.78, 5) is 23.3. The molecule has 128 valence electrons. The normalized spacial score (nSPS) is 11.5. The predicted molar refractivity (Wildman–Crippen MR) is 90.9 cm³/mol. The van der Waals surface area contributed by atoms with Gasteiger partial charge in [-0.1, -0.05) is 32.0 Å². The highest BCUT2D eigenvalue weighted by Gasteiger charge is 2.35. The first kappa shape index (κ1) is 17.7. The zero-order valence-electron chi connectivity index (χ0n) is 14.4. The third kappa shape index (κ3) is 3.64. The highest BCUT2D eigenvalue weighted by Crippen LogP contribution is 2.21. The van der Waals surface area contributed by atoms with Crippen molar-refractivity contribution < 1.29 is 14.7 Å². The molecular formula is C18H23N3O3. The van der Waals surface area contributed by atoms with Gasteiger partial charge in [-0.3, -0.25) is 9.59 Å². The van der Waals surface area contributed by atoms with E-state index in [1.165, 1.54) is 13.8 Å². The molecule has 0 aliphatic heterocycles. The maximum Gasteiger partial charge on any atom is 0.318 e. The summed E-state index contributed by atoms with van der Waals surface area (Å²) in [5.74, 6) is -1.48. The van der Waals surface area contributed by atoms with Gasteiger partial charge in [0.15, 0.2) is 0 Å². The molecular weight excluding hydrogens is 306 g/mol. The Kier molecular flexibility index (Phi) is 5.07. The quantitative estimate of drug-likeness (QED) is 0.798. The number of carboxylic acids is 1. The van der Waals surface area contributed by atoms with Crippen molar-refractivity contribution in [3.8, 4) is 5.69 Å². The first-order valence-corrected chi connectivity index (χ1v) is 7.89. The third-order valence-corrected chi connectivity index (χ3v) is 3.93. The highest BCUT2D eigenvalue weighted by molar-refractivity contribution is 6.00. The summed E-state index contributed by atoms with van der Waals surface area (Å²) in [5, 5.41) is 16.4. The van der Waals surface area contributed by atoms with Crippen molar-refractivity contribution in [3.63, 3.8) is 0 Å². The first-order chi connectivity index (χ1) is 11.2. The summed E-state index contributed by atoms with van der Waals surface area (Å²) in [7, 11) is 0. The second-order valence-corrected chi connectivity index (χ2v) is 6.59. The van der Waals surface area contributed by atoms with E-state index in [1.807, 2.05) is 50.4 Å². The Labute approximate surface area is 141 Å². The molecule has 6 nitrogen and oxygen atoms in total. The highest BCUT2D eigenvalue weighted by atomic mass is 16.4. The fourth-order valence-electron chi connectivity index (χ4n) is 2.25. The van der Waals surface area contributed by atoms with E-state index in [1.54, 1.807) is 4.68 Å². The number of rotatable bonds is 6. The average molecular weight is 329 g/mol. The van der Waals surface area contributed by atoms with E-state index in [9.17, 15) is 9.59 Å². The van der Waals surface area contributed by atoms with Crippen LogP contribution in [0.15, 0.2) is 36.5 Å². The zero-order valence-corrected chi connectivity index (χ0v) is 14.4. The van der Waals surface area contributed by atoms with E-state index >= 15 is 0 Å². The summed E-state index contributed by atoms with van der Waals surface area (Å²) in [5.41, 5.74) is 1.23. The van der Waals surface area contributed by atoms with Gasteiger partial charge in [0.25, 0.3) is 0 Å². The molecule has 2 rings (SSSR count). The molecule has 0 radical (unpaired) electrons. The fourth-order valence-corrected chi connectivity index (χ4v) is 2.25. The van der Waals surface area contributed by atoms with Crippen LogP contribution < -0.4 is 5.32 Å². The number of para-hydroxylation sites is 1. The molecule has 0 unspecified atom stereocenters. The number of carbonyl (C=O) groups excluding carboxylic acids is 1. The minimum absolute atomic E-state index is 0.189. The van der Waals surface area contributed by atoms with Gasteiger partial charge in [0.2, 0.25) is 5.91 Å². The largest absolute Gasteiger partial charge is 0.480 e. The zero-order chi connectivity index (χ0) is 17.9. The smallest absolute Gasteiger partial charge is 0.318 e. The second-order valence-electron chi connectivity index (χ2n) is 6.59. The Balaban J connectivity index is 2.22. The topological polar surface area (TPSA) is 84.2 Å². The molecule has 24 heavy (non-hydrogen) atoms. The number of hydrogen-bond donors (Lipinski definition) is 2. The van der Waals surface area contributed by atoms with E-state index in [0.717, 1.165) is 16.9 Å². The molecule has 0 saturated carbocycles. The molecule has 0 spiro atoms.